The standard InChI is InChI=1S/C19H18O2/c1-19(2,3)18(20)16-12-14-10-7-11-15(17(14)21-16)13-8-5-4-6-9-13/h4-12H,1-3H3. The minimum atomic E-state index is -0.444. The lowest BCUT2D eigenvalue weighted by Crippen LogP contribution is -2.19. The van der Waals surface area contributed by atoms with Gasteiger partial charge in [-0.15, -0.1) is 0 Å². The van der Waals surface area contributed by atoms with Crippen LogP contribution in [0.5, 0.6) is 0 Å². The number of hydrogen-bond donors (Lipinski definition) is 0. The van der Waals surface area contributed by atoms with Gasteiger partial charge in [-0.25, -0.2) is 0 Å². The fourth-order valence-electron chi connectivity index (χ4n) is 2.39. The molecule has 0 amide bonds. The third-order valence-corrected chi connectivity index (χ3v) is 3.53. The molecule has 0 aliphatic heterocycles. The third kappa shape index (κ3) is 2.49. The van der Waals surface area contributed by atoms with Crippen molar-refractivity contribution >= 4 is 16.8 Å². The molecule has 0 saturated heterocycles. The molecule has 3 aromatic rings. The van der Waals surface area contributed by atoms with Crippen molar-refractivity contribution in [3.8, 4) is 11.1 Å². The summed E-state index contributed by atoms with van der Waals surface area (Å²) in [6.07, 6.45) is 0. The SMILES string of the molecule is CC(C)(C)C(=O)c1cc2cccc(-c3ccccc3)c2o1. The van der Waals surface area contributed by atoms with Gasteiger partial charge < -0.3 is 4.42 Å². The van der Waals surface area contributed by atoms with Gasteiger partial charge in [-0.05, 0) is 11.6 Å². The normalized spacial score (nSPS) is 11.8. The predicted molar refractivity (Wildman–Crippen MR) is 85.4 cm³/mol. The molecule has 0 radical (unpaired) electrons. The number of ketones is 1. The van der Waals surface area contributed by atoms with Gasteiger partial charge in [0.05, 0.1) is 0 Å². The van der Waals surface area contributed by atoms with E-state index in [1.165, 1.54) is 0 Å². The second-order valence-corrected chi connectivity index (χ2v) is 6.28. The molecule has 2 nitrogen and oxygen atoms in total. The maximum atomic E-state index is 12.4. The smallest absolute Gasteiger partial charge is 0.203 e. The molecule has 0 N–H and O–H groups in total. The highest BCUT2D eigenvalue weighted by Crippen LogP contribution is 2.32. The predicted octanol–water partition coefficient (Wildman–Crippen LogP) is 5.33. The minimum absolute atomic E-state index is 0.0257. The maximum Gasteiger partial charge on any atom is 0.203 e. The Bertz CT molecular complexity index is 789. The average Bonchev–Trinajstić information content (AvgIpc) is 2.90. The quantitative estimate of drug-likeness (QED) is 0.593. The highest BCUT2D eigenvalue weighted by molar-refractivity contribution is 6.03. The molecule has 1 heterocycles. The fraction of sp³-hybridized carbons (Fsp3) is 0.211. The van der Waals surface area contributed by atoms with E-state index in [0.717, 1.165) is 22.1 Å². The Morgan fingerprint density at radius 1 is 0.952 bits per heavy atom. The van der Waals surface area contributed by atoms with Gasteiger partial charge in [-0.3, -0.25) is 4.79 Å². The molecular formula is C19H18O2. The Hall–Kier alpha value is -2.35. The Labute approximate surface area is 124 Å². The van der Waals surface area contributed by atoms with E-state index in [2.05, 4.69) is 0 Å². The van der Waals surface area contributed by atoms with E-state index in [1.54, 1.807) is 0 Å². The molecule has 0 atom stereocenters. The van der Waals surface area contributed by atoms with E-state index in [-0.39, 0.29) is 5.78 Å². The van der Waals surface area contributed by atoms with Crippen molar-refractivity contribution in [2.75, 3.05) is 0 Å². The van der Waals surface area contributed by atoms with Crippen LogP contribution in [0.3, 0.4) is 0 Å². The summed E-state index contributed by atoms with van der Waals surface area (Å²) in [5, 5.41) is 0.962. The van der Waals surface area contributed by atoms with Crippen LogP contribution in [0.25, 0.3) is 22.1 Å². The molecule has 0 aliphatic carbocycles. The lowest BCUT2D eigenvalue weighted by Gasteiger charge is -2.13. The van der Waals surface area contributed by atoms with Crippen LogP contribution in [0, 0.1) is 5.41 Å². The summed E-state index contributed by atoms with van der Waals surface area (Å²) in [6, 6.07) is 17.9. The molecule has 1 aromatic heterocycles. The van der Waals surface area contributed by atoms with E-state index in [0.29, 0.717) is 5.76 Å². The average molecular weight is 278 g/mol. The summed E-state index contributed by atoms with van der Waals surface area (Å²) >= 11 is 0. The number of para-hydroxylation sites is 1. The second-order valence-electron chi connectivity index (χ2n) is 6.28. The molecule has 3 rings (SSSR count). The van der Waals surface area contributed by atoms with Gasteiger partial charge in [0.25, 0.3) is 0 Å². The van der Waals surface area contributed by atoms with E-state index < -0.39 is 5.41 Å². The number of hydrogen-bond acceptors (Lipinski definition) is 2. The Kier molecular flexibility index (Phi) is 3.17. The van der Waals surface area contributed by atoms with Gasteiger partial charge in [-0.2, -0.15) is 0 Å². The molecule has 0 aliphatic rings. The third-order valence-electron chi connectivity index (χ3n) is 3.53. The van der Waals surface area contributed by atoms with Crippen LogP contribution < -0.4 is 0 Å². The van der Waals surface area contributed by atoms with E-state index >= 15 is 0 Å². The first kappa shape index (κ1) is 13.6. The number of carbonyl (C=O) groups excluding carboxylic acids is 1. The van der Waals surface area contributed by atoms with E-state index in [1.807, 2.05) is 75.4 Å². The molecule has 21 heavy (non-hydrogen) atoms. The number of furan rings is 1. The topological polar surface area (TPSA) is 30.2 Å². The van der Waals surface area contributed by atoms with Crippen molar-refractivity contribution in [3.63, 3.8) is 0 Å². The maximum absolute atomic E-state index is 12.4. The number of carbonyl (C=O) groups is 1. The first-order chi connectivity index (χ1) is 9.97. The highest BCUT2D eigenvalue weighted by atomic mass is 16.3. The fourth-order valence-corrected chi connectivity index (χ4v) is 2.39. The highest BCUT2D eigenvalue weighted by Gasteiger charge is 2.26. The molecule has 0 spiro atoms. The van der Waals surface area contributed by atoms with E-state index in [4.69, 9.17) is 4.42 Å². The summed E-state index contributed by atoms with van der Waals surface area (Å²) in [6.45, 7) is 5.71. The molecule has 2 aromatic carbocycles. The van der Waals surface area contributed by atoms with Gasteiger partial charge in [0.15, 0.2) is 5.76 Å². The zero-order valence-electron chi connectivity index (χ0n) is 12.5. The Morgan fingerprint density at radius 3 is 2.33 bits per heavy atom. The summed E-state index contributed by atoms with van der Waals surface area (Å²) in [4.78, 5) is 12.4. The van der Waals surface area contributed by atoms with Gasteiger partial charge in [0, 0.05) is 16.4 Å². The van der Waals surface area contributed by atoms with Crippen molar-refractivity contribution in [1.29, 1.82) is 0 Å². The molecule has 0 bridgehead atoms. The molecule has 0 unspecified atom stereocenters. The van der Waals surface area contributed by atoms with Crippen molar-refractivity contribution in [2.45, 2.75) is 20.8 Å². The second kappa shape index (κ2) is 4.88. The monoisotopic (exact) mass is 278 g/mol. The summed E-state index contributed by atoms with van der Waals surface area (Å²) in [5.74, 6) is 0.457. The van der Waals surface area contributed by atoms with Crippen LogP contribution in [0.15, 0.2) is 59.0 Å². The lowest BCUT2D eigenvalue weighted by molar-refractivity contribution is 0.0831. The minimum Gasteiger partial charge on any atom is -0.452 e. The van der Waals surface area contributed by atoms with Crippen LogP contribution in [0.2, 0.25) is 0 Å². The van der Waals surface area contributed by atoms with E-state index in [9.17, 15) is 4.79 Å². The van der Waals surface area contributed by atoms with Crippen LogP contribution in [-0.2, 0) is 0 Å². The largest absolute Gasteiger partial charge is 0.452 e. The van der Waals surface area contributed by atoms with Gasteiger partial charge in [-0.1, -0.05) is 69.3 Å². The zero-order valence-corrected chi connectivity index (χ0v) is 12.5. The summed E-state index contributed by atoms with van der Waals surface area (Å²) in [5.41, 5.74) is 2.44. The number of fused-ring (bicyclic) bond motifs is 1. The summed E-state index contributed by atoms with van der Waals surface area (Å²) in [7, 11) is 0. The van der Waals surface area contributed by atoms with Crippen LogP contribution in [-0.4, -0.2) is 5.78 Å². The van der Waals surface area contributed by atoms with Gasteiger partial charge in [0.1, 0.15) is 5.58 Å². The molecule has 106 valence electrons. The Balaban J connectivity index is 2.17. The number of rotatable bonds is 2. The Morgan fingerprint density at radius 2 is 1.67 bits per heavy atom. The first-order valence-electron chi connectivity index (χ1n) is 7.09. The van der Waals surface area contributed by atoms with Crippen molar-refractivity contribution in [1.82, 2.24) is 0 Å². The first-order valence-corrected chi connectivity index (χ1v) is 7.09. The van der Waals surface area contributed by atoms with Gasteiger partial charge in [0.2, 0.25) is 5.78 Å². The van der Waals surface area contributed by atoms with Crippen molar-refractivity contribution < 1.29 is 9.21 Å². The molecule has 0 saturated carbocycles. The number of benzene rings is 2. The number of Topliss-reactive ketones (excluding diaryl/α,β-unsaturated/α-hetero) is 1. The van der Waals surface area contributed by atoms with Crippen molar-refractivity contribution in [3.05, 3.63) is 60.4 Å². The molecular weight excluding hydrogens is 260 g/mol. The van der Waals surface area contributed by atoms with Crippen molar-refractivity contribution in [2.24, 2.45) is 5.41 Å². The zero-order chi connectivity index (χ0) is 15.0. The van der Waals surface area contributed by atoms with Gasteiger partial charge >= 0.3 is 0 Å². The lowest BCUT2D eigenvalue weighted by atomic mass is 9.89. The summed E-state index contributed by atoms with van der Waals surface area (Å²) < 4.78 is 5.89. The van der Waals surface area contributed by atoms with Crippen LogP contribution in [0.1, 0.15) is 31.3 Å². The van der Waals surface area contributed by atoms with Crippen LogP contribution in [0.4, 0.5) is 0 Å². The van der Waals surface area contributed by atoms with Crippen LogP contribution >= 0.6 is 0 Å². The molecule has 2 heteroatoms. The molecule has 0 fully saturated rings.